The molecule has 0 N–H and O–H groups in total. The first kappa shape index (κ1) is 11.6. The van der Waals surface area contributed by atoms with Crippen LogP contribution in [-0.4, -0.2) is 20.9 Å². The van der Waals surface area contributed by atoms with E-state index in [1.165, 1.54) is 0 Å². The molecule has 0 spiro atoms. The Bertz CT molecular complexity index is 175. The summed E-state index contributed by atoms with van der Waals surface area (Å²) in [7, 11) is -1.35. The van der Waals surface area contributed by atoms with Gasteiger partial charge in [-0.3, -0.25) is 0 Å². The lowest BCUT2D eigenvalue weighted by Crippen LogP contribution is -2.25. The average Bonchev–Trinajstić information content (AvgIpc) is 1.96. The van der Waals surface area contributed by atoms with Crippen LogP contribution in [0.15, 0.2) is 5.57 Å². The Morgan fingerprint density at radius 2 is 2.00 bits per heavy atom. The molecule has 3 heteroatoms. The largest absolute Gasteiger partial charge is 0.418 e. The minimum atomic E-state index is -1.35. The Morgan fingerprint density at radius 3 is 2.42 bits per heavy atom. The molecule has 12 heavy (non-hydrogen) atoms. The Balaban J connectivity index is 3.40. The molecule has 0 radical (unpaired) electrons. The SMILES string of the molecule is CC(=C=O)CCCO[Si](C)(C)C. The molecule has 0 unspecified atom stereocenters. The maximum Gasteiger partial charge on any atom is 0.183 e. The third-order valence-electron chi connectivity index (χ3n) is 1.41. The summed E-state index contributed by atoms with van der Waals surface area (Å²) in [5.74, 6) is 1.89. The van der Waals surface area contributed by atoms with Gasteiger partial charge in [0.2, 0.25) is 0 Å². The van der Waals surface area contributed by atoms with Crippen molar-refractivity contribution in [2.24, 2.45) is 0 Å². The number of carbonyl (C=O) groups excluding carboxylic acids is 1. The van der Waals surface area contributed by atoms with Crippen LogP contribution >= 0.6 is 0 Å². The zero-order valence-corrected chi connectivity index (χ0v) is 9.44. The molecule has 0 aromatic heterocycles. The van der Waals surface area contributed by atoms with E-state index in [2.05, 4.69) is 19.6 Å². The van der Waals surface area contributed by atoms with Crippen molar-refractivity contribution in [2.45, 2.75) is 39.4 Å². The number of hydrogen-bond acceptors (Lipinski definition) is 2. The molecule has 0 aliphatic heterocycles. The third-order valence-corrected chi connectivity index (χ3v) is 2.48. The van der Waals surface area contributed by atoms with E-state index in [-0.39, 0.29) is 0 Å². The molecule has 0 amide bonds. The smallest absolute Gasteiger partial charge is 0.183 e. The molecule has 0 bridgehead atoms. The van der Waals surface area contributed by atoms with Gasteiger partial charge < -0.3 is 4.43 Å². The fourth-order valence-corrected chi connectivity index (χ4v) is 1.52. The molecule has 0 fully saturated rings. The molecule has 0 heterocycles. The van der Waals surface area contributed by atoms with Gasteiger partial charge in [0.1, 0.15) is 5.94 Å². The fraction of sp³-hybridized carbons (Fsp3) is 0.778. The van der Waals surface area contributed by atoms with E-state index in [9.17, 15) is 4.79 Å². The summed E-state index contributed by atoms with van der Waals surface area (Å²) in [6.45, 7) is 9.07. The minimum absolute atomic E-state index is 0.773. The highest BCUT2D eigenvalue weighted by Gasteiger charge is 2.12. The van der Waals surface area contributed by atoms with Crippen LogP contribution < -0.4 is 0 Å². The topological polar surface area (TPSA) is 26.3 Å². The lowest BCUT2D eigenvalue weighted by Gasteiger charge is -2.16. The Labute approximate surface area is 75.7 Å². The first-order chi connectivity index (χ1) is 5.45. The molecule has 0 aromatic rings. The monoisotopic (exact) mass is 186 g/mol. The summed E-state index contributed by atoms with van der Waals surface area (Å²) in [5, 5.41) is 0. The van der Waals surface area contributed by atoms with Crippen LogP contribution in [0.3, 0.4) is 0 Å². The van der Waals surface area contributed by atoms with E-state index < -0.39 is 8.32 Å². The maximum absolute atomic E-state index is 10.1. The number of hydrogen-bond donors (Lipinski definition) is 0. The van der Waals surface area contributed by atoms with Crippen LogP contribution in [0.2, 0.25) is 19.6 Å². The second kappa shape index (κ2) is 5.30. The van der Waals surface area contributed by atoms with Gasteiger partial charge in [0.05, 0.1) is 0 Å². The van der Waals surface area contributed by atoms with Crippen molar-refractivity contribution in [2.75, 3.05) is 6.61 Å². The summed E-state index contributed by atoms with van der Waals surface area (Å²) in [5.41, 5.74) is 0.786. The zero-order valence-electron chi connectivity index (χ0n) is 8.44. The third kappa shape index (κ3) is 7.73. The highest BCUT2D eigenvalue weighted by Crippen LogP contribution is 2.06. The van der Waals surface area contributed by atoms with E-state index in [1.54, 1.807) is 0 Å². The van der Waals surface area contributed by atoms with Crippen molar-refractivity contribution < 1.29 is 9.22 Å². The van der Waals surface area contributed by atoms with E-state index in [0.29, 0.717) is 0 Å². The lowest BCUT2D eigenvalue weighted by molar-refractivity contribution is 0.305. The van der Waals surface area contributed by atoms with Crippen LogP contribution in [0.4, 0.5) is 0 Å². The molecule has 0 aliphatic rings. The molecule has 0 saturated heterocycles. The zero-order chi connectivity index (χ0) is 9.61. The first-order valence-electron chi connectivity index (χ1n) is 4.30. The molecule has 70 valence electrons. The molecule has 0 aliphatic carbocycles. The summed E-state index contributed by atoms with van der Waals surface area (Å²) in [4.78, 5) is 10.1. The van der Waals surface area contributed by atoms with Gasteiger partial charge in [-0.1, -0.05) is 0 Å². The highest BCUT2D eigenvalue weighted by atomic mass is 28.4. The van der Waals surface area contributed by atoms with Gasteiger partial charge in [0.15, 0.2) is 8.32 Å². The van der Waals surface area contributed by atoms with E-state index in [0.717, 1.165) is 25.0 Å². The molecular formula is C9H18O2Si. The van der Waals surface area contributed by atoms with Crippen LogP contribution in [0, 0.1) is 0 Å². The van der Waals surface area contributed by atoms with Gasteiger partial charge >= 0.3 is 0 Å². The van der Waals surface area contributed by atoms with Crippen molar-refractivity contribution in [3.63, 3.8) is 0 Å². The predicted octanol–water partition coefficient (Wildman–Crippen LogP) is 2.40. The normalized spacial score (nSPS) is 11.0. The molecular weight excluding hydrogens is 168 g/mol. The fourth-order valence-electron chi connectivity index (χ4n) is 0.767. The van der Waals surface area contributed by atoms with Crippen LogP contribution in [0.25, 0.3) is 0 Å². The Kier molecular flexibility index (Phi) is 5.14. The highest BCUT2D eigenvalue weighted by molar-refractivity contribution is 6.69. The van der Waals surface area contributed by atoms with Crippen LogP contribution in [0.1, 0.15) is 19.8 Å². The van der Waals surface area contributed by atoms with Gasteiger partial charge in [-0.15, -0.1) is 0 Å². The van der Waals surface area contributed by atoms with Crippen molar-refractivity contribution >= 4 is 14.3 Å². The molecule has 0 saturated carbocycles. The molecule has 0 atom stereocenters. The summed E-state index contributed by atoms with van der Waals surface area (Å²) in [6, 6.07) is 0. The Morgan fingerprint density at radius 1 is 1.42 bits per heavy atom. The number of rotatable bonds is 5. The predicted molar refractivity (Wildman–Crippen MR) is 53.4 cm³/mol. The molecule has 0 aromatic carbocycles. The molecule has 0 rings (SSSR count). The quantitative estimate of drug-likeness (QED) is 0.374. The van der Waals surface area contributed by atoms with E-state index in [4.69, 9.17) is 4.43 Å². The summed E-state index contributed by atoms with van der Waals surface area (Å²) in [6.07, 6.45) is 1.75. The van der Waals surface area contributed by atoms with Crippen molar-refractivity contribution in [1.29, 1.82) is 0 Å². The second-order valence-electron chi connectivity index (χ2n) is 3.95. The van der Waals surface area contributed by atoms with Crippen LogP contribution in [0.5, 0.6) is 0 Å². The van der Waals surface area contributed by atoms with Gasteiger partial charge in [-0.05, 0) is 39.4 Å². The summed E-state index contributed by atoms with van der Waals surface area (Å²) < 4.78 is 5.62. The molecule has 2 nitrogen and oxygen atoms in total. The van der Waals surface area contributed by atoms with Gasteiger partial charge in [0.25, 0.3) is 0 Å². The second-order valence-corrected chi connectivity index (χ2v) is 8.46. The van der Waals surface area contributed by atoms with Crippen LogP contribution in [-0.2, 0) is 9.22 Å². The summed E-state index contributed by atoms with van der Waals surface area (Å²) >= 11 is 0. The van der Waals surface area contributed by atoms with E-state index in [1.807, 2.05) is 12.9 Å². The van der Waals surface area contributed by atoms with Gasteiger partial charge in [0, 0.05) is 12.2 Å². The maximum atomic E-state index is 10.1. The first-order valence-corrected chi connectivity index (χ1v) is 7.71. The van der Waals surface area contributed by atoms with Crippen molar-refractivity contribution in [1.82, 2.24) is 0 Å². The van der Waals surface area contributed by atoms with Crippen molar-refractivity contribution in [3.05, 3.63) is 5.57 Å². The van der Waals surface area contributed by atoms with Gasteiger partial charge in [-0.25, -0.2) is 4.79 Å². The van der Waals surface area contributed by atoms with E-state index >= 15 is 0 Å². The average molecular weight is 186 g/mol. The Hall–Kier alpha value is -0.373. The standard InChI is InChI=1S/C9H18O2Si/c1-9(8-10)6-5-7-11-12(2,3)4/h5-7H2,1-4H3. The number of allylic oxidation sites excluding steroid dienone is 1. The van der Waals surface area contributed by atoms with Crippen molar-refractivity contribution in [3.8, 4) is 0 Å². The van der Waals surface area contributed by atoms with Gasteiger partial charge in [-0.2, -0.15) is 0 Å². The lowest BCUT2D eigenvalue weighted by atomic mass is 10.2. The minimum Gasteiger partial charge on any atom is -0.418 e.